The molecule has 11 heavy (non-hydrogen) atoms. The summed E-state index contributed by atoms with van der Waals surface area (Å²) in [6, 6.07) is 0. The maximum atomic E-state index is 10.4. The van der Waals surface area contributed by atoms with Crippen molar-refractivity contribution in [3.05, 3.63) is 0 Å². The number of carbonyl (C=O) groups is 1. The van der Waals surface area contributed by atoms with Crippen LogP contribution in [0.5, 0.6) is 0 Å². The van der Waals surface area contributed by atoms with Crippen LogP contribution in [0.1, 0.15) is 13.8 Å². The van der Waals surface area contributed by atoms with Gasteiger partial charge in [0.2, 0.25) is 0 Å². The first-order chi connectivity index (χ1) is 5.09. The van der Waals surface area contributed by atoms with Crippen molar-refractivity contribution in [1.82, 2.24) is 0 Å². The summed E-state index contributed by atoms with van der Waals surface area (Å²) in [5.74, 6) is -1.24. The molecular formula is C7H14O4. The number of carboxylic acids is 1. The smallest absolute Gasteiger partial charge is 0.306 e. The van der Waals surface area contributed by atoms with Gasteiger partial charge in [0.25, 0.3) is 0 Å². The molecule has 0 spiro atoms. The predicted octanol–water partition coefficient (Wildman–Crippen LogP) is 0.921. The topological polar surface area (TPSA) is 55.8 Å². The summed E-state index contributed by atoms with van der Waals surface area (Å²) in [6.07, 6.45) is 0. The van der Waals surface area contributed by atoms with Gasteiger partial charge in [0.1, 0.15) is 0 Å². The third-order valence-corrected chi connectivity index (χ3v) is 1.69. The van der Waals surface area contributed by atoms with E-state index in [1.54, 1.807) is 13.8 Å². The van der Waals surface area contributed by atoms with Crippen molar-refractivity contribution < 1.29 is 19.7 Å². The number of hydrogen-bond acceptors (Lipinski definition) is 3. The second kappa shape index (κ2) is 5.09. The quantitative estimate of drug-likeness (QED) is 0.482. The fourth-order valence-corrected chi connectivity index (χ4v) is 0.563. The predicted molar refractivity (Wildman–Crippen MR) is 38.9 cm³/mol. The first-order valence-electron chi connectivity index (χ1n) is 3.48. The van der Waals surface area contributed by atoms with Crippen molar-refractivity contribution in [3.63, 3.8) is 0 Å². The van der Waals surface area contributed by atoms with E-state index in [2.05, 4.69) is 9.78 Å². The highest BCUT2D eigenvalue weighted by atomic mass is 17.2. The van der Waals surface area contributed by atoms with Gasteiger partial charge in [-0.05, 0) is 5.92 Å². The SMILES string of the molecule is COOCC(C)[C@@H](C)C(=O)O. The van der Waals surface area contributed by atoms with Gasteiger partial charge in [-0.15, -0.1) is 0 Å². The Morgan fingerprint density at radius 1 is 1.55 bits per heavy atom. The molecule has 0 bridgehead atoms. The number of hydrogen-bond donors (Lipinski definition) is 1. The Bertz CT molecular complexity index is 124. The van der Waals surface area contributed by atoms with Crippen LogP contribution in [0.4, 0.5) is 0 Å². The fourth-order valence-electron chi connectivity index (χ4n) is 0.563. The van der Waals surface area contributed by atoms with Gasteiger partial charge >= 0.3 is 5.97 Å². The van der Waals surface area contributed by atoms with Crippen LogP contribution in [0.15, 0.2) is 0 Å². The lowest BCUT2D eigenvalue weighted by Gasteiger charge is -2.13. The Kier molecular flexibility index (Phi) is 4.81. The Hall–Kier alpha value is -0.610. The van der Waals surface area contributed by atoms with E-state index >= 15 is 0 Å². The number of aliphatic carboxylic acids is 1. The lowest BCUT2D eigenvalue weighted by Crippen LogP contribution is -2.22. The van der Waals surface area contributed by atoms with E-state index in [1.807, 2.05) is 0 Å². The summed E-state index contributed by atoms with van der Waals surface area (Å²) in [6.45, 7) is 3.76. The highest BCUT2D eigenvalue weighted by molar-refractivity contribution is 5.69. The van der Waals surface area contributed by atoms with Gasteiger partial charge in [-0.2, -0.15) is 0 Å². The van der Waals surface area contributed by atoms with E-state index < -0.39 is 11.9 Å². The summed E-state index contributed by atoms with van der Waals surface area (Å²) in [5, 5.41) is 8.56. The van der Waals surface area contributed by atoms with Crippen LogP contribution >= 0.6 is 0 Å². The molecule has 0 rings (SSSR count). The van der Waals surface area contributed by atoms with E-state index in [1.165, 1.54) is 7.11 Å². The van der Waals surface area contributed by atoms with Crippen LogP contribution < -0.4 is 0 Å². The molecule has 0 fully saturated rings. The minimum absolute atomic E-state index is 0.0348. The molecule has 4 nitrogen and oxygen atoms in total. The molecule has 0 radical (unpaired) electrons. The maximum absolute atomic E-state index is 10.4. The van der Waals surface area contributed by atoms with E-state index in [-0.39, 0.29) is 5.92 Å². The van der Waals surface area contributed by atoms with Gasteiger partial charge in [-0.3, -0.25) is 4.79 Å². The Balaban J connectivity index is 3.63. The van der Waals surface area contributed by atoms with Crippen molar-refractivity contribution in [3.8, 4) is 0 Å². The molecule has 0 amide bonds. The summed E-state index contributed by atoms with van der Waals surface area (Å²) >= 11 is 0. The van der Waals surface area contributed by atoms with E-state index in [0.717, 1.165) is 0 Å². The van der Waals surface area contributed by atoms with Gasteiger partial charge in [0.05, 0.1) is 19.6 Å². The van der Waals surface area contributed by atoms with Crippen LogP contribution in [0.25, 0.3) is 0 Å². The van der Waals surface area contributed by atoms with Crippen LogP contribution in [0.3, 0.4) is 0 Å². The highest BCUT2D eigenvalue weighted by Crippen LogP contribution is 2.10. The molecule has 0 aliphatic heterocycles. The number of carboxylic acid groups (broad SMARTS) is 1. The highest BCUT2D eigenvalue weighted by Gasteiger charge is 2.19. The lowest BCUT2D eigenvalue weighted by atomic mass is 9.97. The molecule has 4 heteroatoms. The normalized spacial score (nSPS) is 15.9. The first kappa shape index (κ1) is 10.4. The summed E-state index contributed by atoms with van der Waals surface area (Å²) in [5.41, 5.74) is 0. The van der Waals surface area contributed by atoms with Crippen LogP contribution in [-0.2, 0) is 14.6 Å². The molecule has 2 atom stereocenters. The van der Waals surface area contributed by atoms with E-state index in [4.69, 9.17) is 5.11 Å². The van der Waals surface area contributed by atoms with E-state index in [9.17, 15) is 4.79 Å². The largest absolute Gasteiger partial charge is 0.481 e. The summed E-state index contributed by atoms with van der Waals surface area (Å²) in [4.78, 5) is 19.4. The fraction of sp³-hybridized carbons (Fsp3) is 0.857. The molecule has 0 aliphatic rings. The van der Waals surface area contributed by atoms with E-state index in [0.29, 0.717) is 6.61 Å². The zero-order chi connectivity index (χ0) is 8.85. The molecule has 0 saturated carbocycles. The van der Waals surface area contributed by atoms with Crippen LogP contribution in [0.2, 0.25) is 0 Å². The Morgan fingerprint density at radius 3 is 2.45 bits per heavy atom. The minimum atomic E-state index is -0.808. The van der Waals surface area contributed by atoms with Crippen LogP contribution in [0, 0.1) is 11.8 Å². The van der Waals surface area contributed by atoms with Gasteiger partial charge < -0.3 is 5.11 Å². The molecule has 0 aliphatic carbocycles. The van der Waals surface area contributed by atoms with Gasteiger partial charge in [-0.1, -0.05) is 13.8 Å². The monoisotopic (exact) mass is 162 g/mol. The van der Waals surface area contributed by atoms with Crippen molar-refractivity contribution >= 4 is 5.97 Å². The van der Waals surface area contributed by atoms with Gasteiger partial charge in [0, 0.05) is 0 Å². The standard InChI is InChI=1S/C7H14O4/c1-5(4-11-10-3)6(2)7(8)9/h5-6H,4H2,1-3H3,(H,8,9)/t5?,6-/m1/s1. The molecule has 0 aromatic rings. The average molecular weight is 162 g/mol. The van der Waals surface area contributed by atoms with Crippen molar-refractivity contribution in [2.75, 3.05) is 13.7 Å². The number of rotatable bonds is 5. The Labute approximate surface area is 66.0 Å². The third kappa shape index (κ3) is 3.95. The lowest BCUT2D eigenvalue weighted by molar-refractivity contribution is -0.280. The van der Waals surface area contributed by atoms with Gasteiger partial charge in [-0.25, -0.2) is 9.78 Å². The summed E-state index contributed by atoms with van der Waals surface area (Å²) in [7, 11) is 1.40. The van der Waals surface area contributed by atoms with Gasteiger partial charge in [0.15, 0.2) is 0 Å². The molecule has 0 heterocycles. The van der Waals surface area contributed by atoms with Crippen molar-refractivity contribution in [2.24, 2.45) is 11.8 Å². The summed E-state index contributed by atoms with van der Waals surface area (Å²) < 4.78 is 0. The zero-order valence-corrected chi connectivity index (χ0v) is 7.03. The molecule has 1 N–H and O–H groups in total. The molecule has 66 valence electrons. The van der Waals surface area contributed by atoms with Crippen molar-refractivity contribution in [2.45, 2.75) is 13.8 Å². The molecular weight excluding hydrogens is 148 g/mol. The average Bonchev–Trinajstić information content (AvgIpc) is 1.98. The Morgan fingerprint density at radius 2 is 2.09 bits per heavy atom. The second-order valence-electron chi connectivity index (χ2n) is 2.56. The van der Waals surface area contributed by atoms with Crippen molar-refractivity contribution in [1.29, 1.82) is 0 Å². The minimum Gasteiger partial charge on any atom is -0.481 e. The zero-order valence-electron chi connectivity index (χ0n) is 7.03. The third-order valence-electron chi connectivity index (χ3n) is 1.69. The molecule has 0 saturated heterocycles. The molecule has 0 aromatic carbocycles. The first-order valence-corrected chi connectivity index (χ1v) is 3.48. The van der Waals surface area contributed by atoms with Crippen LogP contribution in [-0.4, -0.2) is 24.8 Å². The molecule has 0 aromatic heterocycles. The maximum Gasteiger partial charge on any atom is 0.306 e. The second-order valence-corrected chi connectivity index (χ2v) is 2.56. The molecule has 1 unspecified atom stereocenters.